The summed E-state index contributed by atoms with van der Waals surface area (Å²) in [6.45, 7) is 5.39. The van der Waals surface area contributed by atoms with Gasteiger partial charge >= 0.3 is 5.97 Å². The summed E-state index contributed by atoms with van der Waals surface area (Å²) in [6, 6.07) is 18.6. The number of methoxy groups -OCH3 is 1. The van der Waals surface area contributed by atoms with Gasteiger partial charge in [0.15, 0.2) is 11.5 Å². The van der Waals surface area contributed by atoms with Gasteiger partial charge in [-0.05, 0) is 85.1 Å². The van der Waals surface area contributed by atoms with Gasteiger partial charge in [-0.25, -0.2) is 10.2 Å². The van der Waals surface area contributed by atoms with Crippen LogP contribution in [-0.4, -0.2) is 38.4 Å². The smallest absolute Gasteiger partial charge is 0.343 e. The minimum Gasteiger partial charge on any atom is -0.494 e. The maximum Gasteiger partial charge on any atom is 0.343 e. The molecule has 37 heavy (non-hydrogen) atoms. The third-order valence-corrected chi connectivity index (χ3v) is 5.22. The Balaban J connectivity index is 1.57. The molecule has 0 saturated heterocycles. The molecule has 3 rings (SSSR count). The number of benzene rings is 3. The highest BCUT2D eigenvalue weighted by Crippen LogP contribution is 2.28. The van der Waals surface area contributed by atoms with E-state index >= 15 is 0 Å². The number of unbranched alkanes of at least 4 members (excludes halogenated alkanes) is 1. The molecule has 0 spiro atoms. The van der Waals surface area contributed by atoms with Crippen molar-refractivity contribution in [2.24, 2.45) is 5.10 Å². The third kappa shape index (κ3) is 8.38. The summed E-state index contributed by atoms with van der Waals surface area (Å²) < 4.78 is 22.0. The van der Waals surface area contributed by atoms with Crippen LogP contribution in [0.15, 0.2) is 71.8 Å². The second kappa shape index (κ2) is 14.3. The summed E-state index contributed by atoms with van der Waals surface area (Å²) in [5, 5.41) is 4.01. The highest BCUT2D eigenvalue weighted by Gasteiger charge is 2.13. The Morgan fingerprint density at radius 2 is 1.46 bits per heavy atom. The Kier molecular flexibility index (Phi) is 10.5. The molecule has 1 N–H and O–H groups in total. The topological polar surface area (TPSA) is 95.5 Å². The van der Waals surface area contributed by atoms with Crippen molar-refractivity contribution in [1.82, 2.24) is 5.43 Å². The SMILES string of the molecule is CCCCOc1ccc(C(=O)NN=Cc2ccc(OC(=O)c3ccc(OCCC)cc3)c(OC)c2)cc1. The first-order valence-corrected chi connectivity index (χ1v) is 12.2. The van der Waals surface area contributed by atoms with E-state index in [4.69, 9.17) is 18.9 Å². The fourth-order valence-corrected chi connectivity index (χ4v) is 3.18. The predicted octanol–water partition coefficient (Wildman–Crippen LogP) is 5.65. The number of carbonyl (C=O) groups is 2. The number of esters is 1. The molecule has 0 fully saturated rings. The summed E-state index contributed by atoms with van der Waals surface area (Å²) in [4.78, 5) is 24.9. The fraction of sp³-hybridized carbons (Fsp3) is 0.276. The zero-order chi connectivity index (χ0) is 26.5. The second-order valence-corrected chi connectivity index (χ2v) is 8.10. The van der Waals surface area contributed by atoms with Crippen LogP contribution < -0.4 is 24.4 Å². The first-order chi connectivity index (χ1) is 18.0. The predicted molar refractivity (Wildman–Crippen MR) is 142 cm³/mol. The number of rotatable bonds is 13. The molecule has 8 heteroatoms. The van der Waals surface area contributed by atoms with E-state index in [0.29, 0.717) is 41.4 Å². The van der Waals surface area contributed by atoms with Gasteiger partial charge in [-0.1, -0.05) is 20.3 Å². The Morgan fingerprint density at radius 1 is 0.811 bits per heavy atom. The van der Waals surface area contributed by atoms with E-state index in [1.54, 1.807) is 66.7 Å². The third-order valence-electron chi connectivity index (χ3n) is 5.22. The van der Waals surface area contributed by atoms with E-state index in [-0.39, 0.29) is 11.7 Å². The maximum atomic E-state index is 12.6. The standard InChI is InChI=1S/C29H32N2O6/c1-4-6-18-36-25-12-8-22(9-13-25)28(32)31-30-20-21-7-16-26(27(19-21)34-3)37-29(33)23-10-14-24(15-11-23)35-17-5-2/h7-16,19-20H,4-6,17-18H2,1-3H3,(H,31,32). The Hall–Kier alpha value is -4.33. The van der Waals surface area contributed by atoms with Gasteiger partial charge in [0.05, 0.1) is 32.1 Å². The van der Waals surface area contributed by atoms with Gasteiger partial charge < -0.3 is 18.9 Å². The normalized spacial score (nSPS) is 10.7. The quantitative estimate of drug-likeness (QED) is 0.106. The number of nitrogens with zero attached hydrogens (tertiary/aromatic N) is 1. The largest absolute Gasteiger partial charge is 0.494 e. The average molecular weight is 505 g/mol. The Labute approximate surface area is 217 Å². The number of carbonyl (C=O) groups excluding carboxylic acids is 2. The number of ether oxygens (including phenoxy) is 4. The Morgan fingerprint density at radius 3 is 2.08 bits per heavy atom. The molecule has 0 saturated carbocycles. The molecule has 1 amide bonds. The van der Waals surface area contributed by atoms with Gasteiger partial charge in [-0.2, -0.15) is 5.10 Å². The van der Waals surface area contributed by atoms with Crippen LogP contribution in [-0.2, 0) is 0 Å². The van der Waals surface area contributed by atoms with Gasteiger partial charge in [0, 0.05) is 5.56 Å². The van der Waals surface area contributed by atoms with E-state index in [1.807, 2.05) is 6.92 Å². The zero-order valence-corrected chi connectivity index (χ0v) is 21.4. The van der Waals surface area contributed by atoms with Crippen LogP contribution >= 0.6 is 0 Å². The van der Waals surface area contributed by atoms with E-state index in [0.717, 1.165) is 25.0 Å². The van der Waals surface area contributed by atoms with Crippen LogP contribution in [0.5, 0.6) is 23.0 Å². The molecule has 0 aliphatic rings. The van der Waals surface area contributed by atoms with E-state index in [2.05, 4.69) is 17.5 Å². The molecular formula is C29H32N2O6. The van der Waals surface area contributed by atoms with Crippen LogP contribution in [0.3, 0.4) is 0 Å². The highest BCUT2D eigenvalue weighted by atomic mass is 16.6. The molecule has 0 aromatic heterocycles. The van der Waals surface area contributed by atoms with Gasteiger partial charge in [-0.3, -0.25) is 4.79 Å². The summed E-state index contributed by atoms with van der Waals surface area (Å²) in [7, 11) is 1.48. The molecule has 0 radical (unpaired) electrons. The van der Waals surface area contributed by atoms with Gasteiger partial charge in [-0.15, -0.1) is 0 Å². The van der Waals surface area contributed by atoms with Crippen molar-refractivity contribution in [1.29, 1.82) is 0 Å². The molecule has 0 aliphatic carbocycles. The average Bonchev–Trinajstić information content (AvgIpc) is 2.93. The van der Waals surface area contributed by atoms with Crippen molar-refractivity contribution in [3.8, 4) is 23.0 Å². The number of amides is 1. The van der Waals surface area contributed by atoms with Crippen molar-refractivity contribution in [2.45, 2.75) is 33.1 Å². The summed E-state index contributed by atoms with van der Waals surface area (Å²) >= 11 is 0. The number of nitrogens with one attached hydrogen (secondary N) is 1. The number of hydrazone groups is 1. The first-order valence-electron chi connectivity index (χ1n) is 12.2. The van der Waals surface area contributed by atoms with Gasteiger partial charge in [0.25, 0.3) is 5.91 Å². The first kappa shape index (κ1) is 27.3. The molecule has 0 bridgehead atoms. The van der Waals surface area contributed by atoms with Crippen molar-refractivity contribution in [3.63, 3.8) is 0 Å². The molecule has 8 nitrogen and oxygen atoms in total. The molecule has 3 aromatic carbocycles. The monoisotopic (exact) mass is 504 g/mol. The summed E-state index contributed by atoms with van der Waals surface area (Å²) in [6.07, 6.45) is 4.42. The number of hydrogen-bond donors (Lipinski definition) is 1. The van der Waals surface area contributed by atoms with E-state index in [9.17, 15) is 9.59 Å². The highest BCUT2D eigenvalue weighted by molar-refractivity contribution is 5.95. The molecule has 194 valence electrons. The lowest BCUT2D eigenvalue weighted by Gasteiger charge is -2.10. The van der Waals surface area contributed by atoms with Crippen molar-refractivity contribution in [2.75, 3.05) is 20.3 Å². The molecule has 0 atom stereocenters. The fourth-order valence-electron chi connectivity index (χ4n) is 3.18. The van der Waals surface area contributed by atoms with Crippen LogP contribution in [0.2, 0.25) is 0 Å². The molecular weight excluding hydrogens is 472 g/mol. The summed E-state index contributed by atoms with van der Waals surface area (Å²) in [5.74, 6) is 1.17. The lowest BCUT2D eigenvalue weighted by Crippen LogP contribution is -2.17. The van der Waals surface area contributed by atoms with Crippen molar-refractivity contribution < 1.29 is 28.5 Å². The molecule has 0 heterocycles. The molecule has 0 aliphatic heterocycles. The van der Waals surface area contributed by atoms with Gasteiger partial charge in [0.2, 0.25) is 0 Å². The van der Waals surface area contributed by atoms with Crippen LogP contribution in [0.25, 0.3) is 0 Å². The van der Waals surface area contributed by atoms with Crippen LogP contribution in [0, 0.1) is 0 Å². The number of hydrogen-bond acceptors (Lipinski definition) is 7. The van der Waals surface area contributed by atoms with Crippen LogP contribution in [0.4, 0.5) is 0 Å². The maximum absolute atomic E-state index is 12.6. The van der Waals surface area contributed by atoms with Crippen molar-refractivity contribution >= 4 is 18.1 Å². The lowest BCUT2D eigenvalue weighted by atomic mass is 10.2. The van der Waals surface area contributed by atoms with Gasteiger partial charge in [0.1, 0.15) is 11.5 Å². The molecule has 3 aromatic rings. The zero-order valence-electron chi connectivity index (χ0n) is 21.4. The minimum absolute atomic E-state index is 0.265. The van der Waals surface area contributed by atoms with E-state index < -0.39 is 5.97 Å². The Bertz CT molecular complexity index is 1190. The van der Waals surface area contributed by atoms with E-state index in [1.165, 1.54) is 13.3 Å². The second-order valence-electron chi connectivity index (χ2n) is 8.10. The van der Waals surface area contributed by atoms with Crippen LogP contribution in [0.1, 0.15) is 59.4 Å². The minimum atomic E-state index is -0.518. The van der Waals surface area contributed by atoms with Crippen molar-refractivity contribution in [3.05, 3.63) is 83.4 Å². The summed E-state index contributed by atoms with van der Waals surface area (Å²) in [5.41, 5.74) is 3.99. The molecule has 0 unspecified atom stereocenters. The lowest BCUT2D eigenvalue weighted by molar-refractivity contribution is 0.0729.